The molecule has 0 aromatic carbocycles. The van der Waals surface area contributed by atoms with Gasteiger partial charge in [0.2, 0.25) is 0 Å². The molecular weight excluding hydrogens is 150 g/mol. The molecule has 0 spiro atoms. The largest absolute Gasteiger partial charge is 0.316 e. The summed E-state index contributed by atoms with van der Waals surface area (Å²) in [5.41, 5.74) is -0.172. The molecule has 2 heteroatoms. The van der Waals surface area contributed by atoms with Gasteiger partial charge < -0.3 is 5.32 Å². The molecule has 1 unspecified atom stereocenters. The number of nitrogens with one attached hydrogen (secondary N) is 1. The van der Waals surface area contributed by atoms with E-state index < -0.39 is 0 Å². The van der Waals surface area contributed by atoms with E-state index in [0.29, 0.717) is 11.7 Å². The van der Waals surface area contributed by atoms with Crippen molar-refractivity contribution in [3.63, 3.8) is 0 Å². The zero-order valence-electron chi connectivity index (χ0n) is 8.48. The molecule has 1 fully saturated rings. The lowest BCUT2D eigenvalue weighted by atomic mass is 9.76. The Kier molecular flexibility index (Phi) is 2.57. The SMILES string of the molecule is CC(C(=O)C(C)(C)C)C1CNC1. The van der Waals surface area contributed by atoms with Crippen molar-refractivity contribution in [2.45, 2.75) is 27.7 Å². The number of rotatable bonds is 2. The van der Waals surface area contributed by atoms with E-state index in [1.807, 2.05) is 20.8 Å². The first-order valence-corrected chi connectivity index (χ1v) is 4.68. The Morgan fingerprint density at radius 3 is 2.17 bits per heavy atom. The lowest BCUT2D eigenvalue weighted by Crippen LogP contribution is -2.49. The van der Waals surface area contributed by atoms with Crippen molar-refractivity contribution in [3.05, 3.63) is 0 Å². The van der Waals surface area contributed by atoms with Crippen molar-refractivity contribution in [1.82, 2.24) is 5.32 Å². The predicted octanol–water partition coefficient (Wildman–Crippen LogP) is 1.46. The van der Waals surface area contributed by atoms with Crippen molar-refractivity contribution in [2.24, 2.45) is 17.3 Å². The van der Waals surface area contributed by atoms with Gasteiger partial charge in [0.05, 0.1) is 0 Å². The smallest absolute Gasteiger partial charge is 0.141 e. The van der Waals surface area contributed by atoms with Gasteiger partial charge in [0.25, 0.3) is 0 Å². The van der Waals surface area contributed by atoms with Gasteiger partial charge in [-0.15, -0.1) is 0 Å². The number of carbonyl (C=O) groups is 1. The summed E-state index contributed by atoms with van der Waals surface area (Å²) in [6, 6.07) is 0. The molecule has 12 heavy (non-hydrogen) atoms. The topological polar surface area (TPSA) is 29.1 Å². The van der Waals surface area contributed by atoms with Crippen LogP contribution in [0.5, 0.6) is 0 Å². The Bertz CT molecular complexity index is 177. The first kappa shape index (κ1) is 9.72. The van der Waals surface area contributed by atoms with E-state index in [0.717, 1.165) is 13.1 Å². The van der Waals surface area contributed by atoms with Crippen LogP contribution in [0, 0.1) is 17.3 Å². The Balaban J connectivity index is 2.51. The first-order valence-electron chi connectivity index (χ1n) is 4.68. The highest BCUT2D eigenvalue weighted by molar-refractivity contribution is 5.86. The highest BCUT2D eigenvalue weighted by Crippen LogP contribution is 2.26. The maximum absolute atomic E-state index is 11.8. The Labute approximate surface area is 74.7 Å². The van der Waals surface area contributed by atoms with Crippen LogP contribution in [0.1, 0.15) is 27.7 Å². The molecule has 1 aliphatic heterocycles. The number of hydrogen-bond acceptors (Lipinski definition) is 2. The van der Waals surface area contributed by atoms with Crippen LogP contribution in [0.15, 0.2) is 0 Å². The fraction of sp³-hybridized carbons (Fsp3) is 0.900. The minimum absolute atomic E-state index is 0.172. The van der Waals surface area contributed by atoms with Crippen LogP contribution < -0.4 is 5.32 Å². The summed E-state index contributed by atoms with van der Waals surface area (Å²) < 4.78 is 0. The van der Waals surface area contributed by atoms with Gasteiger partial charge in [0, 0.05) is 11.3 Å². The predicted molar refractivity (Wildman–Crippen MR) is 50.0 cm³/mol. The van der Waals surface area contributed by atoms with Gasteiger partial charge >= 0.3 is 0 Å². The van der Waals surface area contributed by atoms with Gasteiger partial charge in [-0.05, 0) is 19.0 Å². The second-order valence-corrected chi connectivity index (χ2v) is 4.82. The fourth-order valence-corrected chi connectivity index (χ4v) is 1.56. The lowest BCUT2D eigenvalue weighted by Gasteiger charge is -2.34. The summed E-state index contributed by atoms with van der Waals surface area (Å²) in [5.74, 6) is 1.21. The van der Waals surface area contributed by atoms with E-state index in [1.54, 1.807) is 0 Å². The molecule has 1 saturated heterocycles. The Morgan fingerprint density at radius 1 is 1.42 bits per heavy atom. The minimum Gasteiger partial charge on any atom is -0.316 e. The van der Waals surface area contributed by atoms with Gasteiger partial charge in [0.1, 0.15) is 5.78 Å². The summed E-state index contributed by atoms with van der Waals surface area (Å²) in [6.45, 7) is 10.1. The molecule has 2 nitrogen and oxygen atoms in total. The molecule has 0 aromatic rings. The number of hydrogen-bond donors (Lipinski definition) is 1. The number of ketones is 1. The zero-order chi connectivity index (χ0) is 9.35. The van der Waals surface area contributed by atoms with Crippen molar-refractivity contribution in [1.29, 1.82) is 0 Å². The Hall–Kier alpha value is -0.370. The van der Waals surface area contributed by atoms with Crippen LogP contribution in [0.25, 0.3) is 0 Å². The molecule has 1 rings (SSSR count). The van der Waals surface area contributed by atoms with E-state index in [1.165, 1.54) is 0 Å². The molecule has 1 N–H and O–H groups in total. The average molecular weight is 169 g/mol. The van der Waals surface area contributed by atoms with Crippen molar-refractivity contribution < 1.29 is 4.79 Å². The third kappa shape index (κ3) is 1.86. The summed E-state index contributed by atoms with van der Waals surface area (Å²) in [7, 11) is 0. The average Bonchev–Trinajstić information content (AvgIpc) is 1.79. The molecule has 0 aliphatic carbocycles. The number of Topliss-reactive ketones (excluding diaryl/α,β-unsaturated/α-hetero) is 1. The summed E-state index contributed by atoms with van der Waals surface area (Å²) in [6.07, 6.45) is 0. The van der Waals surface area contributed by atoms with Gasteiger partial charge in [-0.3, -0.25) is 4.79 Å². The molecule has 1 aliphatic rings. The van der Waals surface area contributed by atoms with E-state index >= 15 is 0 Å². The van der Waals surface area contributed by atoms with Crippen molar-refractivity contribution in [3.8, 4) is 0 Å². The van der Waals surface area contributed by atoms with Gasteiger partial charge in [-0.25, -0.2) is 0 Å². The lowest BCUT2D eigenvalue weighted by molar-refractivity contribution is -0.132. The van der Waals surface area contributed by atoms with Crippen molar-refractivity contribution >= 4 is 5.78 Å². The fourth-order valence-electron chi connectivity index (χ4n) is 1.56. The normalized spacial score (nSPS) is 21.7. The van der Waals surface area contributed by atoms with E-state index in [2.05, 4.69) is 12.2 Å². The molecule has 0 aromatic heterocycles. The first-order chi connectivity index (χ1) is 5.43. The van der Waals surface area contributed by atoms with E-state index in [9.17, 15) is 4.79 Å². The quantitative estimate of drug-likeness (QED) is 0.678. The van der Waals surface area contributed by atoms with Crippen LogP contribution in [0.3, 0.4) is 0 Å². The van der Waals surface area contributed by atoms with Crippen molar-refractivity contribution in [2.75, 3.05) is 13.1 Å². The molecule has 0 amide bonds. The standard InChI is InChI=1S/C10H19NO/c1-7(8-5-11-6-8)9(12)10(2,3)4/h7-8,11H,5-6H2,1-4H3. The Morgan fingerprint density at radius 2 is 1.92 bits per heavy atom. The molecule has 70 valence electrons. The molecular formula is C10H19NO. The van der Waals surface area contributed by atoms with Gasteiger partial charge in [-0.1, -0.05) is 27.7 Å². The van der Waals surface area contributed by atoms with Gasteiger partial charge in [-0.2, -0.15) is 0 Å². The third-order valence-corrected chi connectivity index (χ3v) is 2.67. The van der Waals surface area contributed by atoms with Crippen LogP contribution >= 0.6 is 0 Å². The van der Waals surface area contributed by atoms with Crippen LogP contribution in [0.2, 0.25) is 0 Å². The maximum Gasteiger partial charge on any atom is 0.141 e. The summed E-state index contributed by atoms with van der Waals surface area (Å²) in [5, 5.41) is 3.20. The van der Waals surface area contributed by atoms with E-state index in [-0.39, 0.29) is 11.3 Å². The second-order valence-electron chi connectivity index (χ2n) is 4.82. The highest BCUT2D eigenvalue weighted by Gasteiger charge is 2.34. The molecule has 0 saturated carbocycles. The monoisotopic (exact) mass is 169 g/mol. The van der Waals surface area contributed by atoms with Crippen LogP contribution in [-0.4, -0.2) is 18.9 Å². The number of carbonyl (C=O) groups excluding carboxylic acids is 1. The van der Waals surface area contributed by atoms with Crippen LogP contribution in [0.4, 0.5) is 0 Å². The molecule has 1 heterocycles. The van der Waals surface area contributed by atoms with E-state index in [4.69, 9.17) is 0 Å². The summed E-state index contributed by atoms with van der Waals surface area (Å²) >= 11 is 0. The van der Waals surface area contributed by atoms with Crippen LogP contribution in [-0.2, 0) is 4.79 Å². The minimum atomic E-state index is -0.172. The van der Waals surface area contributed by atoms with Gasteiger partial charge in [0.15, 0.2) is 0 Å². The second kappa shape index (κ2) is 3.17. The molecule has 1 atom stereocenters. The molecule has 0 bridgehead atoms. The highest BCUT2D eigenvalue weighted by atomic mass is 16.1. The summed E-state index contributed by atoms with van der Waals surface area (Å²) in [4.78, 5) is 11.8. The maximum atomic E-state index is 11.8. The third-order valence-electron chi connectivity index (χ3n) is 2.67. The molecule has 0 radical (unpaired) electrons. The zero-order valence-corrected chi connectivity index (χ0v) is 8.48.